The molecule has 0 fully saturated rings. The van der Waals surface area contributed by atoms with Crippen LogP contribution < -0.4 is 5.73 Å². The van der Waals surface area contributed by atoms with Crippen LogP contribution in [0.2, 0.25) is 0 Å². The molecule has 3 aromatic rings. The smallest absolute Gasteiger partial charge is 0.329 e. The van der Waals surface area contributed by atoms with Gasteiger partial charge in [0.05, 0.1) is 10.6 Å². The van der Waals surface area contributed by atoms with Gasteiger partial charge in [-0.05, 0) is 19.1 Å². The summed E-state index contributed by atoms with van der Waals surface area (Å²) >= 11 is 2.80. The fourth-order valence-corrected chi connectivity index (χ4v) is 3.36. The fraction of sp³-hybridized carbons (Fsp3) is 0.154. The van der Waals surface area contributed by atoms with Crippen LogP contribution in [0, 0.1) is 17.0 Å². The van der Waals surface area contributed by atoms with Crippen LogP contribution in [-0.2, 0) is 5.75 Å². The Bertz CT molecular complexity index is 861. The van der Waals surface area contributed by atoms with E-state index in [4.69, 9.17) is 10.2 Å². The van der Waals surface area contributed by atoms with Crippen LogP contribution in [0.15, 0.2) is 33.3 Å². The third-order valence-corrected chi connectivity index (χ3v) is 4.63. The van der Waals surface area contributed by atoms with E-state index >= 15 is 0 Å². The first kappa shape index (κ1) is 15.4. The SMILES string of the molecule is Cc1ccc(-c2nc(CSc3ncc([N+](=O)[O-])c(N)n3)cs2)o1. The Morgan fingerprint density at radius 3 is 2.91 bits per heavy atom. The topological polar surface area (TPSA) is 121 Å². The molecule has 3 heterocycles. The highest BCUT2D eigenvalue weighted by Crippen LogP contribution is 2.29. The van der Waals surface area contributed by atoms with Crippen molar-refractivity contribution in [3.05, 3.63) is 45.3 Å². The van der Waals surface area contributed by atoms with Gasteiger partial charge in [-0.15, -0.1) is 11.3 Å². The van der Waals surface area contributed by atoms with Crippen molar-refractivity contribution in [2.75, 3.05) is 5.73 Å². The van der Waals surface area contributed by atoms with Crippen LogP contribution in [0.1, 0.15) is 11.5 Å². The molecule has 0 aliphatic carbocycles. The number of nitrogens with zero attached hydrogens (tertiary/aromatic N) is 4. The van der Waals surface area contributed by atoms with E-state index in [1.807, 2.05) is 24.4 Å². The average Bonchev–Trinajstić information content (AvgIpc) is 3.13. The Hall–Kier alpha value is -2.46. The molecule has 0 saturated carbocycles. The molecule has 0 saturated heterocycles. The maximum Gasteiger partial charge on any atom is 0.329 e. The second-order valence-electron chi connectivity index (χ2n) is 4.52. The van der Waals surface area contributed by atoms with E-state index in [9.17, 15) is 10.1 Å². The van der Waals surface area contributed by atoms with Crippen molar-refractivity contribution in [3.63, 3.8) is 0 Å². The molecule has 0 radical (unpaired) electrons. The van der Waals surface area contributed by atoms with Crippen molar-refractivity contribution >= 4 is 34.6 Å². The van der Waals surface area contributed by atoms with E-state index in [0.717, 1.165) is 28.4 Å². The number of hydrogen-bond acceptors (Lipinski definition) is 9. The van der Waals surface area contributed by atoms with E-state index < -0.39 is 4.92 Å². The number of aromatic nitrogens is 3. The molecule has 8 nitrogen and oxygen atoms in total. The molecule has 2 N–H and O–H groups in total. The van der Waals surface area contributed by atoms with Crippen molar-refractivity contribution in [1.82, 2.24) is 15.0 Å². The number of nitro groups is 1. The zero-order valence-corrected chi connectivity index (χ0v) is 13.6. The number of aryl methyl sites for hydroxylation is 1. The second kappa shape index (κ2) is 6.34. The van der Waals surface area contributed by atoms with Crippen molar-refractivity contribution in [3.8, 4) is 10.8 Å². The lowest BCUT2D eigenvalue weighted by Gasteiger charge is -2.00. The maximum atomic E-state index is 10.7. The van der Waals surface area contributed by atoms with E-state index in [1.165, 1.54) is 23.1 Å². The fourth-order valence-electron chi connectivity index (χ4n) is 1.76. The molecule has 3 aromatic heterocycles. The van der Waals surface area contributed by atoms with Gasteiger partial charge in [-0.3, -0.25) is 10.1 Å². The number of nitrogen functional groups attached to an aromatic ring is 1. The van der Waals surface area contributed by atoms with Gasteiger partial charge in [-0.25, -0.2) is 9.97 Å². The van der Waals surface area contributed by atoms with Gasteiger partial charge in [-0.2, -0.15) is 4.98 Å². The quantitative estimate of drug-likeness (QED) is 0.322. The first-order valence-corrected chi connectivity index (χ1v) is 8.30. The zero-order chi connectivity index (χ0) is 16.4. The summed E-state index contributed by atoms with van der Waals surface area (Å²) in [6.07, 6.45) is 1.11. The largest absolute Gasteiger partial charge is 0.459 e. The van der Waals surface area contributed by atoms with Crippen molar-refractivity contribution < 1.29 is 9.34 Å². The summed E-state index contributed by atoms with van der Waals surface area (Å²) in [6.45, 7) is 1.88. The lowest BCUT2D eigenvalue weighted by atomic mass is 10.4. The lowest BCUT2D eigenvalue weighted by Crippen LogP contribution is -2.01. The minimum Gasteiger partial charge on any atom is -0.459 e. The van der Waals surface area contributed by atoms with Gasteiger partial charge in [0.15, 0.2) is 15.9 Å². The molecule has 0 aromatic carbocycles. The summed E-state index contributed by atoms with van der Waals surface area (Å²) in [6, 6.07) is 3.77. The standard InChI is InChI=1S/C13H11N5O3S2/c1-7-2-3-10(21-7)12-16-8(5-22-12)6-23-13-15-4-9(18(19)20)11(14)17-13/h2-5H,6H2,1H3,(H2,14,15,17). The Balaban J connectivity index is 1.68. The molecule has 0 spiro atoms. The predicted molar refractivity (Wildman–Crippen MR) is 87.2 cm³/mol. The molecule has 0 aliphatic rings. The molecular weight excluding hydrogens is 338 g/mol. The molecule has 0 bridgehead atoms. The maximum absolute atomic E-state index is 10.7. The second-order valence-corrected chi connectivity index (χ2v) is 6.32. The van der Waals surface area contributed by atoms with Crippen LogP contribution in [-0.4, -0.2) is 19.9 Å². The highest BCUT2D eigenvalue weighted by atomic mass is 32.2. The first-order valence-electron chi connectivity index (χ1n) is 6.44. The average molecular weight is 349 g/mol. The van der Waals surface area contributed by atoms with Gasteiger partial charge in [0.1, 0.15) is 12.0 Å². The van der Waals surface area contributed by atoms with Gasteiger partial charge in [0, 0.05) is 11.1 Å². The summed E-state index contributed by atoms with van der Waals surface area (Å²) in [5, 5.41) is 13.8. The van der Waals surface area contributed by atoms with Crippen molar-refractivity contribution in [2.45, 2.75) is 17.8 Å². The number of thioether (sulfide) groups is 1. The minimum absolute atomic E-state index is 0.141. The molecule has 23 heavy (non-hydrogen) atoms. The van der Waals surface area contributed by atoms with Crippen LogP contribution in [0.25, 0.3) is 10.8 Å². The van der Waals surface area contributed by atoms with Gasteiger partial charge in [0.2, 0.25) is 5.82 Å². The number of anilines is 1. The number of rotatable bonds is 5. The van der Waals surface area contributed by atoms with Crippen LogP contribution in [0.5, 0.6) is 0 Å². The van der Waals surface area contributed by atoms with Gasteiger partial charge < -0.3 is 10.2 Å². The lowest BCUT2D eigenvalue weighted by molar-refractivity contribution is -0.384. The predicted octanol–water partition coefficient (Wildman–Crippen LogP) is 3.28. The number of nitrogens with two attached hydrogens (primary N) is 1. The van der Waals surface area contributed by atoms with E-state index in [1.54, 1.807) is 0 Å². The Kier molecular flexibility index (Phi) is 4.26. The van der Waals surface area contributed by atoms with Crippen molar-refractivity contribution in [2.24, 2.45) is 0 Å². The van der Waals surface area contributed by atoms with E-state index in [-0.39, 0.29) is 11.5 Å². The molecule has 10 heteroatoms. The molecule has 0 atom stereocenters. The summed E-state index contributed by atoms with van der Waals surface area (Å²) in [7, 11) is 0. The Morgan fingerprint density at radius 2 is 2.26 bits per heavy atom. The minimum atomic E-state index is -0.609. The third kappa shape index (κ3) is 3.48. The Morgan fingerprint density at radius 1 is 1.43 bits per heavy atom. The number of thiazole rings is 1. The van der Waals surface area contributed by atoms with Gasteiger partial charge in [-0.1, -0.05) is 11.8 Å². The molecule has 0 unspecified atom stereocenters. The molecule has 0 aliphatic heterocycles. The number of furan rings is 1. The molecular formula is C13H11N5O3S2. The molecule has 3 rings (SSSR count). The summed E-state index contributed by atoms with van der Waals surface area (Å²) in [5.74, 6) is 1.96. The molecule has 0 amide bonds. The Labute approximate surface area is 138 Å². The van der Waals surface area contributed by atoms with E-state index in [0.29, 0.717) is 10.9 Å². The first-order chi connectivity index (χ1) is 11.0. The number of hydrogen-bond donors (Lipinski definition) is 1. The zero-order valence-electron chi connectivity index (χ0n) is 11.9. The summed E-state index contributed by atoms with van der Waals surface area (Å²) in [4.78, 5) is 22.4. The van der Waals surface area contributed by atoms with Crippen LogP contribution in [0.3, 0.4) is 0 Å². The highest BCUT2D eigenvalue weighted by molar-refractivity contribution is 7.98. The summed E-state index contributed by atoms with van der Waals surface area (Å²) < 4.78 is 5.53. The normalized spacial score (nSPS) is 10.8. The van der Waals surface area contributed by atoms with Gasteiger partial charge in [0.25, 0.3) is 0 Å². The highest BCUT2D eigenvalue weighted by Gasteiger charge is 2.15. The van der Waals surface area contributed by atoms with E-state index in [2.05, 4.69) is 15.0 Å². The van der Waals surface area contributed by atoms with Crippen LogP contribution in [0.4, 0.5) is 11.5 Å². The molecule has 118 valence electrons. The third-order valence-electron chi connectivity index (χ3n) is 2.82. The van der Waals surface area contributed by atoms with Crippen molar-refractivity contribution in [1.29, 1.82) is 0 Å². The van der Waals surface area contributed by atoms with Crippen LogP contribution >= 0.6 is 23.1 Å². The van der Waals surface area contributed by atoms with Gasteiger partial charge >= 0.3 is 5.69 Å². The summed E-state index contributed by atoms with van der Waals surface area (Å²) in [5.41, 5.74) is 6.10. The monoisotopic (exact) mass is 349 g/mol.